The smallest absolute Gasteiger partial charge is 0.244 e. The minimum absolute atomic E-state index is 0.229. The van der Waals surface area contributed by atoms with Gasteiger partial charge < -0.3 is 14.8 Å². The van der Waals surface area contributed by atoms with Crippen LogP contribution in [0.15, 0.2) is 79.0 Å². The molecule has 33 heavy (non-hydrogen) atoms. The van der Waals surface area contributed by atoms with Gasteiger partial charge in [0.1, 0.15) is 23.9 Å². The number of hydrogen-bond acceptors (Lipinski definition) is 6. The van der Waals surface area contributed by atoms with E-state index in [0.29, 0.717) is 18.3 Å². The van der Waals surface area contributed by atoms with Crippen molar-refractivity contribution in [1.82, 2.24) is 25.5 Å². The van der Waals surface area contributed by atoms with Crippen molar-refractivity contribution in [2.24, 2.45) is 0 Å². The van der Waals surface area contributed by atoms with Crippen LogP contribution in [-0.2, 0) is 17.9 Å². The van der Waals surface area contributed by atoms with Gasteiger partial charge in [0.2, 0.25) is 5.91 Å². The lowest BCUT2D eigenvalue weighted by Crippen LogP contribution is -2.20. The number of carbonyl (C=O) groups is 1. The number of nitrogens with zero attached hydrogens (tertiary/aromatic N) is 3. The van der Waals surface area contributed by atoms with Crippen molar-refractivity contribution < 1.29 is 14.3 Å². The number of pyridine rings is 1. The van der Waals surface area contributed by atoms with E-state index in [0.717, 1.165) is 28.3 Å². The maximum absolute atomic E-state index is 12.2. The van der Waals surface area contributed by atoms with Crippen LogP contribution in [0.1, 0.15) is 17.1 Å². The molecule has 4 rings (SSSR count). The van der Waals surface area contributed by atoms with Crippen molar-refractivity contribution in [2.75, 3.05) is 7.11 Å². The molecule has 2 aromatic carbocycles. The Morgan fingerprint density at radius 3 is 2.55 bits per heavy atom. The highest BCUT2D eigenvalue weighted by Crippen LogP contribution is 2.19. The number of ether oxygens (including phenoxy) is 2. The zero-order valence-corrected chi connectivity index (χ0v) is 18.1. The fourth-order valence-electron chi connectivity index (χ4n) is 2.96. The predicted molar refractivity (Wildman–Crippen MR) is 124 cm³/mol. The van der Waals surface area contributed by atoms with Crippen molar-refractivity contribution in [3.05, 3.63) is 96.1 Å². The molecule has 0 saturated heterocycles. The standard InChI is InChI=1S/C25H23N5O3/c1-32-21-12-8-19(9-13-21)25-28-23(29-30-25)16-27-24(31)14-7-18-5-10-22(11-6-18)33-17-20-4-2-3-15-26-20/h2-15H,16-17H2,1H3,(H,27,31)(H,28,29,30)/b14-7+. The van der Waals surface area contributed by atoms with Gasteiger partial charge in [-0.15, -0.1) is 0 Å². The molecule has 2 aromatic heterocycles. The van der Waals surface area contributed by atoms with Crippen LogP contribution in [0.4, 0.5) is 0 Å². The molecule has 1 amide bonds. The second kappa shape index (κ2) is 10.7. The van der Waals surface area contributed by atoms with Gasteiger partial charge in [-0.05, 0) is 60.2 Å². The summed E-state index contributed by atoms with van der Waals surface area (Å²) in [7, 11) is 1.62. The predicted octanol–water partition coefficient (Wildman–Crippen LogP) is 3.78. The van der Waals surface area contributed by atoms with E-state index >= 15 is 0 Å². The molecule has 0 aliphatic rings. The van der Waals surface area contributed by atoms with Gasteiger partial charge in [0.25, 0.3) is 0 Å². The maximum Gasteiger partial charge on any atom is 0.244 e. The van der Waals surface area contributed by atoms with E-state index in [1.54, 1.807) is 19.4 Å². The Labute approximate surface area is 191 Å². The molecular weight excluding hydrogens is 418 g/mol. The van der Waals surface area contributed by atoms with Crippen LogP contribution in [0.3, 0.4) is 0 Å². The number of methoxy groups -OCH3 is 1. The number of rotatable bonds is 9. The number of aromatic amines is 1. The second-order valence-electron chi connectivity index (χ2n) is 7.06. The Hall–Kier alpha value is -4.46. The first-order valence-electron chi connectivity index (χ1n) is 10.3. The van der Waals surface area contributed by atoms with E-state index in [1.165, 1.54) is 6.08 Å². The Morgan fingerprint density at radius 2 is 1.82 bits per heavy atom. The topological polar surface area (TPSA) is 102 Å². The van der Waals surface area contributed by atoms with E-state index in [2.05, 4.69) is 25.5 Å². The lowest BCUT2D eigenvalue weighted by molar-refractivity contribution is -0.116. The van der Waals surface area contributed by atoms with Gasteiger partial charge in [-0.25, -0.2) is 4.98 Å². The van der Waals surface area contributed by atoms with Crippen LogP contribution < -0.4 is 14.8 Å². The van der Waals surface area contributed by atoms with Gasteiger partial charge in [-0.2, -0.15) is 5.10 Å². The first kappa shape index (κ1) is 21.8. The highest BCUT2D eigenvalue weighted by Gasteiger charge is 2.07. The van der Waals surface area contributed by atoms with Crippen LogP contribution in [0.5, 0.6) is 11.5 Å². The second-order valence-corrected chi connectivity index (χ2v) is 7.06. The number of amides is 1. The van der Waals surface area contributed by atoms with Crippen LogP contribution in [-0.4, -0.2) is 33.2 Å². The summed E-state index contributed by atoms with van der Waals surface area (Å²) in [5.41, 5.74) is 2.61. The lowest BCUT2D eigenvalue weighted by atomic mass is 10.2. The normalized spacial score (nSPS) is 10.8. The van der Waals surface area contributed by atoms with Gasteiger partial charge in [-0.1, -0.05) is 18.2 Å². The van der Waals surface area contributed by atoms with E-state index in [1.807, 2.05) is 66.7 Å². The molecule has 0 aliphatic heterocycles. The third-order valence-electron chi connectivity index (χ3n) is 4.73. The minimum Gasteiger partial charge on any atom is -0.497 e. The fourth-order valence-corrected chi connectivity index (χ4v) is 2.96. The molecule has 0 atom stereocenters. The summed E-state index contributed by atoms with van der Waals surface area (Å²) in [6.45, 7) is 0.646. The Balaban J connectivity index is 1.25. The zero-order chi connectivity index (χ0) is 22.9. The van der Waals surface area contributed by atoms with E-state index < -0.39 is 0 Å². The number of nitrogens with one attached hydrogen (secondary N) is 2. The number of carbonyl (C=O) groups excluding carboxylic acids is 1. The number of aromatic nitrogens is 4. The molecule has 0 fully saturated rings. The molecule has 0 radical (unpaired) electrons. The number of benzene rings is 2. The van der Waals surface area contributed by atoms with E-state index in [-0.39, 0.29) is 12.5 Å². The summed E-state index contributed by atoms with van der Waals surface area (Å²) in [5.74, 6) is 2.40. The van der Waals surface area contributed by atoms with Crippen LogP contribution in [0.25, 0.3) is 17.5 Å². The van der Waals surface area contributed by atoms with Gasteiger partial charge >= 0.3 is 0 Å². The molecule has 0 bridgehead atoms. The molecule has 2 N–H and O–H groups in total. The van der Waals surface area contributed by atoms with Crippen molar-refractivity contribution in [2.45, 2.75) is 13.2 Å². The Morgan fingerprint density at radius 1 is 1.03 bits per heavy atom. The van der Waals surface area contributed by atoms with Crippen molar-refractivity contribution >= 4 is 12.0 Å². The van der Waals surface area contributed by atoms with Gasteiger partial charge in [0.15, 0.2) is 5.82 Å². The first-order valence-corrected chi connectivity index (χ1v) is 10.3. The van der Waals surface area contributed by atoms with Gasteiger partial charge in [0, 0.05) is 17.8 Å². The quantitative estimate of drug-likeness (QED) is 0.383. The SMILES string of the molecule is COc1ccc(-c2n[nH]c(CNC(=O)/C=C/c3ccc(OCc4ccccn4)cc3)n2)cc1. The Kier molecular flexibility index (Phi) is 7.07. The molecule has 0 unspecified atom stereocenters. The van der Waals surface area contributed by atoms with E-state index in [9.17, 15) is 4.79 Å². The molecule has 4 aromatic rings. The van der Waals surface area contributed by atoms with Gasteiger partial charge in [-0.3, -0.25) is 14.9 Å². The minimum atomic E-state index is -0.229. The number of hydrogen-bond donors (Lipinski definition) is 2. The van der Waals surface area contributed by atoms with E-state index in [4.69, 9.17) is 9.47 Å². The summed E-state index contributed by atoms with van der Waals surface area (Å²) in [5, 5.41) is 9.83. The average Bonchev–Trinajstić information content (AvgIpc) is 3.35. The van der Waals surface area contributed by atoms with Crippen LogP contribution in [0, 0.1) is 0 Å². The highest BCUT2D eigenvalue weighted by molar-refractivity contribution is 5.91. The third-order valence-corrected chi connectivity index (χ3v) is 4.73. The molecule has 0 spiro atoms. The highest BCUT2D eigenvalue weighted by atomic mass is 16.5. The monoisotopic (exact) mass is 441 g/mol. The largest absolute Gasteiger partial charge is 0.497 e. The summed E-state index contributed by atoms with van der Waals surface area (Å²) in [4.78, 5) is 20.8. The third kappa shape index (κ3) is 6.27. The summed E-state index contributed by atoms with van der Waals surface area (Å²) in [6, 6.07) is 20.6. The summed E-state index contributed by atoms with van der Waals surface area (Å²) >= 11 is 0. The first-order chi connectivity index (χ1) is 16.2. The molecule has 0 saturated carbocycles. The fraction of sp³-hybridized carbons (Fsp3) is 0.120. The lowest BCUT2D eigenvalue weighted by Gasteiger charge is -2.05. The van der Waals surface area contributed by atoms with Crippen molar-refractivity contribution in [1.29, 1.82) is 0 Å². The van der Waals surface area contributed by atoms with Gasteiger partial charge in [0.05, 0.1) is 19.3 Å². The molecule has 0 aliphatic carbocycles. The molecular formula is C25H23N5O3. The molecule has 8 nitrogen and oxygen atoms in total. The maximum atomic E-state index is 12.2. The summed E-state index contributed by atoms with van der Waals surface area (Å²) in [6.07, 6.45) is 4.95. The number of H-pyrrole nitrogens is 1. The average molecular weight is 441 g/mol. The van der Waals surface area contributed by atoms with Crippen molar-refractivity contribution in [3.63, 3.8) is 0 Å². The van der Waals surface area contributed by atoms with Crippen LogP contribution >= 0.6 is 0 Å². The van der Waals surface area contributed by atoms with Crippen molar-refractivity contribution in [3.8, 4) is 22.9 Å². The Bertz CT molecular complexity index is 1200. The molecule has 8 heteroatoms. The summed E-state index contributed by atoms with van der Waals surface area (Å²) < 4.78 is 10.9. The van der Waals surface area contributed by atoms with Crippen LogP contribution in [0.2, 0.25) is 0 Å². The zero-order valence-electron chi connectivity index (χ0n) is 18.1. The molecule has 166 valence electrons. The molecule has 2 heterocycles.